The maximum atomic E-state index is 10.9. The fraction of sp³-hybridized carbons (Fsp3) is 0.400. The van der Waals surface area contributed by atoms with E-state index in [4.69, 9.17) is 5.73 Å². The van der Waals surface area contributed by atoms with Crippen molar-refractivity contribution in [2.75, 3.05) is 12.3 Å². The second kappa shape index (κ2) is 3.86. The summed E-state index contributed by atoms with van der Waals surface area (Å²) in [5, 5.41) is 14.1. The number of nitro groups is 1. The van der Waals surface area contributed by atoms with Crippen molar-refractivity contribution in [2.24, 2.45) is 0 Å². The van der Waals surface area contributed by atoms with Gasteiger partial charge in [-0.15, -0.1) is 0 Å². The Morgan fingerprint density at radius 3 is 3.00 bits per heavy atom. The second-order valence-corrected chi connectivity index (χ2v) is 3.68. The fourth-order valence-corrected chi connectivity index (χ4v) is 1.96. The Labute approximate surface area is 87.4 Å². The molecule has 1 aliphatic heterocycles. The number of nitrogens with two attached hydrogens (primary N) is 1. The van der Waals surface area contributed by atoms with Crippen molar-refractivity contribution >= 4 is 11.4 Å². The Hall–Kier alpha value is -1.62. The highest BCUT2D eigenvalue weighted by Gasteiger charge is 2.22. The molecule has 0 unspecified atom stereocenters. The monoisotopic (exact) mass is 207 g/mol. The molecule has 2 rings (SSSR count). The minimum absolute atomic E-state index is 0.0712. The first-order chi connectivity index (χ1) is 7.20. The highest BCUT2D eigenvalue weighted by molar-refractivity contribution is 5.64. The van der Waals surface area contributed by atoms with Crippen molar-refractivity contribution in [3.05, 3.63) is 33.4 Å². The van der Waals surface area contributed by atoms with Gasteiger partial charge in [0.05, 0.1) is 4.92 Å². The number of nitrogens with zero attached hydrogens (tertiary/aromatic N) is 1. The topological polar surface area (TPSA) is 81.2 Å². The number of nitro benzene ring substituents is 1. The lowest BCUT2D eigenvalue weighted by atomic mass is 10.0. The van der Waals surface area contributed by atoms with Crippen LogP contribution >= 0.6 is 0 Å². The molecule has 0 fully saturated rings. The van der Waals surface area contributed by atoms with E-state index in [1.54, 1.807) is 6.07 Å². The normalized spacial score (nSPS) is 15.5. The summed E-state index contributed by atoms with van der Waals surface area (Å²) in [6, 6.07) is 3.52. The Balaban J connectivity index is 2.56. The van der Waals surface area contributed by atoms with Gasteiger partial charge in [0.2, 0.25) is 0 Å². The molecule has 1 aromatic carbocycles. The summed E-state index contributed by atoms with van der Waals surface area (Å²) < 4.78 is 0. The van der Waals surface area contributed by atoms with Gasteiger partial charge in [-0.1, -0.05) is 6.07 Å². The van der Waals surface area contributed by atoms with Crippen LogP contribution < -0.4 is 11.1 Å². The van der Waals surface area contributed by atoms with Gasteiger partial charge in [-0.3, -0.25) is 10.1 Å². The molecule has 3 N–H and O–H groups in total. The molecular weight excluding hydrogens is 194 g/mol. The van der Waals surface area contributed by atoms with Gasteiger partial charge in [0, 0.05) is 12.1 Å². The number of fused-ring (bicyclic) bond motifs is 1. The van der Waals surface area contributed by atoms with Crippen LogP contribution in [-0.4, -0.2) is 11.5 Å². The van der Waals surface area contributed by atoms with Crippen LogP contribution in [0, 0.1) is 10.1 Å². The molecule has 0 aliphatic carbocycles. The van der Waals surface area contributed by atoms with E-state index in [9.17, 15) is 10.1 Å². The smallest absolute Gasteiger partial charge is 0.296 e. The summed E-state index contributed by atoms with van der Waals surface area (Å²) in [7, 11) is 0. The zero-order chi connectivity index (χ0) is 10.8. The number of nitrogens with one attached hydrogen (secondary N) is 1. The molecule has 0 saturated heterocycles. The molecule has 0 atom stereocenters. The van der Waals surface area contributed by atoms with E-state index < -0.39 is 0 Å². The first-order valence-electron chi connectivity index (χ1n) is 4.95. The minimum atomic E-state index is -0.388. The van der Waals surface area contributed by atoms with Gasteiger partial charge < -0.3 is 11.1 Å². The Morgan fingerprint density at radius 2 is 2.27 bits per heavy atom. The molecule has 15 heavy (non-hydrogen) atoms. The van der Waals surface area contributed by atoms with Crippen LogP contribution in [-0.2, 0) is 13.0 Å². The lowest BCUT2D eigenvalue weighted by Gasteiger charge is -2.07. The average Bonchev–Trinajstić information content (AvgIpc) is 2.41. The van der Waals surface area contributed by atoms with E-state index in [-0.39, 0.29) is 16.3 Å². The SMILES string of the molecule is Nc1ccc2c(c1[N+](=O)[O-])CNCCC2. The molecule has 5 heteroatoms. The van der Waals surface area contributed by atoms with E-state index in [1.807, 2.05) is 6.07 Å². The van der Waals surface area contributed by atoms with Crippen molar-refractivity contribution in [3.63, 3.8) is 0 Å². The van der Waals surface area contributed by atoms with Crippen LogP contribution in [0.1, 0.15) is 17.5 Å². The summed E-state index contributed by atoms with van der Waals surface area (Å²) in [6.07, 6.45) is 1.89. The molecule has 0 saturated carbocycles. The van der Waals surface area contributed by atoms with Crippen molar-refractivity contribution in [1.82, 2.24) is 5.32 Å². The first-order valence-corrected chi connectivity index (χ1v) is 4.95. The summed E-state index contributed by atoms with van der Waals surface area (Å²) in [5.41, 5.74) is 7.74. The Morgan fingerprint density at radius 1 is 1.47 bits per heavy atom. The summed E-state index contributed by atoms with van der Waals surface area (Å²) >= 11 is 0. The third kappa shape index (κ3) is 1.78. The summed E-state index contributed by atoms with van der Waals surface area (Å²) in [4.78, 5) is 10.5. The average molecular weight is 207 g/mol. The summed E-state index contributed by atoms with van der Waals surface area (Å²) in [5.74, 6) is 0. The van der Waals surface area contributed by atoms with Crippen LogP contribution in [0.25, 0.3) is 0 Å². The number of hydrogen-bond donors (Lipinski definition) is 2. The molecule has 0 amide bonds. The van der Waals surface area contributed by atoms with E-state index in [2.05, 4.69) is 5.32 Å². The number of aryl methyl sites for hydroxylation is 1. The predicted molar refractivity (Wildman–Crippen MR) is 57.5 cm³/mol. The number of hydrogen-bond acceptors (Lipinski definition) is 4. The molecule has 0 radical (unpaired) electrons. The predicted octanol–water partition coefficient (Wildman–Crippen LogP) is 1.21. The molecule has 1 aromatic rings. The van der Waals surface area contributed by atoms with Crippen LogP contribution in [0.3, 0.4) is 0 Å². The van der Waals surface area contributed by atoms with Gasteiger partial charge in [-0.05, 0) is 31.0 Å². The van der Waals surface area contributed by atoms with Gasteiger partial charge in [0.25, 0.3) is 5.69 Å². The van der Waals surface area contributed by atoms with Gasteiger partial charge in [-0.2, -0.15) is 0 Å². The van der Waals surface area contributed by atoms with Crippen LogP contribution in [0.2, 0.25) is 0 Å². The van der Waals surface area contributed by atoms with Crippen LogP contribution in [0.4, 0.5) is 11.4 Å². The molecular formula is C10H13N3O2. The minimum Gasteiger partial charge on any atom is -0.393 e. The highest BCUT2D eigenvalue weighted by Crippen LogP contribution is 2.30. The van der Waals surface area contributed by atoms with E-state index in [0.29, 0.717) is 6.54 Å². The molecule has 1 aliphatic rings. The van der Waals surface area contributed by atoms with Crippen molar-refractivity contribution < 1.29 is 4.92 Å². The number of nitrogen functional groups attached to an aromatic ring is 1. The quantitative estimate of drug-likeness (QED) is 0.412. The standard InChI is InChI=1S/C10H13N3O2/c11-9-4-3-7-2-1-5-12-6-8(7)10(9)13(14)15/h3-4,12H,1-2,5-6,11H2. The molecule has 0 spiro atoms. The molecule has 0 bridgehead atoms. The van der Waals surface area contributed by atoms with E-state index >= 15 is 0 Å². The van der Waals surface area contributed by atoms with Gasteiger partial charge in [0.15, 0.2) is 0 Å². The van der Waals surface area contributed by atoms with Gasteiger partial charge in [-0.25, -0.2) is 0 Å². The van der Waals surface area contributed by atoms with Crippen molar-refractivity contribution in [3.8, 4) is 0 Å². The van der Waals surface area contributed by atoms with Gasteiger partial charge >= 0.3 is 0 Å². The van der Waals surface area contributed by atoms with Crippen molar-refractivity contribution in [2.45, 2.75) is 19.4 Å². The highest BCUT2D eigenvalue weighted by atomic mass is 16.6. The largest absolute Gasteiger partial charge is 0.393 e. The van der Waals surface area contributed by atoms with E-state index in [1.165, 1.54) is 0 Å². The third-order valence-corrected chi connectivity index (χ3v) is 2.69. The molecule has 0 aromatic heterocycles. The zero-order valence-corrected chi connectivity index (χ0v) is 8.32. The van der Waals surface area contributed by atoms with Crippen LogP contribution in [0.15, 0.2) is 12.1 Å². The maximum absolute atomic E-state index is 10.9. The lowest BCUT2D eigenvalue weighted by molar-refractivity contribution is -0.384. The van der Waals surface area contributed by atoms with Crippen LogP contribution in [0.5, 0.6) is 0 Å². The van der Waals surface area contributed by atoms with Gasteiger partial charge in [0.1, 0.15) is 5.69 Å². The molecule has 80 valence electrons. The number of benzene rings is 1. The Kier molecular flexibility index (Phi) is 2.55. The third-order valence-electron chi connectivity index (χ3n) is 2.69. The molecule has 5 nitrogen and oxygen atoms in total. The molecule has 1 heterocycles. The number of anilines is 1. The zero-order valence-electron chi connectivity index (χ0n) is 8.32. The maximum Gasteiger partial charge on any atom is 0.296 e. The van der Waals surface area contributed by atoms with E-state index in [0.717, 1.165) is 30.5 Å². The van der Waals surface area contributed by atoms with Crippen molar-refractivity contribution in [1.29, 1.82) is 0 Å². The summed E-state index contributed by atoms with van der Waals surface area (Å²) in [6.45, 7) is 1.43. The number of rotatable bonds is 1. The second-order valence-electron chi connectivity index (χ2n) is 3.68. The Bertz CT molecular complexity index is 404. The fourth-order valence-electron chi connectivity index (χ4n) is 1.96. The lowest BCUT2D eigenvalue weighted by Crippen LogP contribution is -2.13. The first kappa shape index (κ1) is 9.92.